The van der Waals surface area contributed by atoms with Crippen molar-refractivity contribution in [3.05, 3.63) is 76.9 Å². The van der Waals surface area contributed by atoms with Crippen molar-refractivity contribution >= 4 is 11.4 Å². The highest BCUT2D eigenvalue weighted by molar-refractivity contribution is 6.14. The Hall–Kier alpha value is -3.08. The van der Waals surface area contributed by atoms with Crippen LogP contribution in [0.2, 0.25) is 0 Å². The monoisotopic (exact) mass is 346 g/mol. The molecule has 26 heavy (non-hydrogen) atoms. The summed E-state index contributed by atoms with van der Waals surface area (Å²) in [7, 11) is 1.68. The van der Waals surface area contributed by atoms with Crippen molar-refractivity contribution in [2.24, 2.45) is 5.10 Å². The minimum absolute atomic E-state index is 0.740. The van der Waals surface area contributed by atoms with Crippen LogP contribution < -0.4 is 10.5 Å². The number of nitrogens with zero attached hydrogens (tertiary/aromatic N) is 3. The van der Waals surface area contributed by atoms with Crippen LogP contribution in [-0.4, -0.2) is 22.5 Å². The third-order valence-corrected chi connectivity index (χ3v) is 4.69. The molecule has 5 nitrogen and oxygen atoms in total. The topological polar surface area (TPSA) is 65.4 Å². The molecule has 0 fully saturated rings. The molecule has 1 aliphatic heterocycles. The maximum atomic E-state index is 5.88. The van der Waals surface area contributed by atoms with Gasteiger partial charge in [-0.15, -0.1) is 0 Å². The molecule has 0 aliphatic carbocycles. The number of hydrogen-bond acceptors (Lipinski definition) is 4. The summed E-state index contributed by atoms with van der Waals surface area (Å²) in [6.45, 7) is 2.17. The van der Waals surface area contributed by atoms with Gasteiger partial charge in [0.1, 0.15) is 11.6 Å². The van der Waals surface area contributed by atoms with E-state index >= 15 is 0 Å². The van der Waals surface area contributed by atoms with Gasteiger partial charge in [-0.25, -0.2) is 9.66 Å². The lowest BCUT2D eigenvalue weighted by molar-refractivity contribution is 0.414. The number of rotatable bonds is 4. The summed E-state index contributed by atoms with van der Waals surface area (Å²) in [5.74, 6) is 1.78. The summed E-state index contributed by atoms with van der Waals surface area (Å²) in [6, 6.07) is 14.0. The lowest BCUT2D eigenvalue weighted by Gasteiger charge is -2.11. The van der Waals surface area contributed by atoms with Crippen molar-refractivity contribution in [3.8, 4) is 5.75 Å². The molecule has 0 unspecified atom stereocenters. The van der Waals surface area contributed by atoms with E-state index in [4.69, 9.17) is 15.6 Å². The van der Waals surface area contributed by atoms with Gasteiger partial charge in [-0.1, -0.05) is 31.5 Å². The summed E-state index contributed by atoms with van der Waals surface area (Å²) < 4.78 is 7.45. The number of imidazole rings is 1. The SMILES string of the molecule is CCCc1cnc2n1N=C(c1ccc(N)cc1)c1cc(OC)ccc1C2. The third-order valence-electron chi connectivity index (χ3n) is 4.69. The second-order valence-corrected chi connectivity index (χ2v) is 6.50. The van der Waals surface area contributed by atoms with Crippen LogP contribution in [0.1, 0.15) is 41.6 Å². The van der Waals surface area contributed by atoms with E-state index in [2.05, 4.69) is 24.0 Å². The Morgan fingerprint density at radius 3 is 2.69 bits per heavy atom. The fourth-order valence-corrected chi connectivity index (χ4v) is 3.33. The Labute approximate surface area is 153 Å². The first-order valence-electron chi connectivity index (χ1n) is 8.87. The molecule has 3 aromatic rings. The predicted octanol–water partition coefficient (Wildman–Crippen LogP) is 3.63. The van der Waals surface area contributed by atoms with Crippen molar-refractivity contribution < 1.29 is 4.74 Å². The summed E-state index contributed by atoms with van der Waals surface area (Å²) in [4.78, 5) is 4.62. The van der Waals surface area contributed by atoms with Gasteiger partial charge in [-0.05, 0) is 36.2 Å². The highest BCUT2D eigenvalue weighted by atomic mass is 16.5. The predicted molar refractivity (Wildman–Crippen MR) is 104 cm³/mol. The molecule has 132 valence electrons. The average molecular weight is 346 g/mol. The van der Waals surface area contributed by atoms with Gasteiger partial charge < -0.3 is 10.5 Å². The molecule has 5 heteroatoms. The van der Waals surface area contributed by atoms with E-state index in [1.165, 1.54) is 5.56 Å². The number of anilines is 1. The van der Waals surface area contributed by atoms with Gasteiger partial charge in [0, 0.05) is 23.2 Å². The molecule has 1 aliphatic rings. The Kier molecular flexibility index (Phi) is 4.21. The van der Waals surface area contributed by atoms with Crippen LogP contribution in [0.15, 0.2) is 53.8 Å². The number of methoxy groups -OCH3 is 1. The Balaban J connectivity index is 1.95. The first kappa shape index (κ1) is 16.4. The molecule has 0 saturated carbocycles. The van der Waals surface area contributed by atoms with Gasteiger partial charge in [-0.2, -0.15) is 5.10 Å². The molecule has 1 aromatic heterocycles. The largest absolute Gasteiger partial charge is 0.497 e. The minimum atomic E-state index is 0.740. The first-order valence-corrected chi connectivity index (χ1v) is 8.87. The van der Waals surface area contributed by atoms with Gasteiger partial charge in [0.25, 0.3) is 0 Å². The number of aryl methyl sites for hydroxylation is 1. The standard InChI is InChI=1S/C21H22N4O/c1-3-4-17-13-23-20-11-15-7-10-18(26-2)12-19(15)21(24-25(17)20)14-5-8-16(22)9-6-14/h5-10,12-13H,3-4,11,22H2,1-2H3. The fraction of sp³-hybridized carbons (Fsp3) is 0.238. The van der Waals surface area contributed by atoms with Crippen LogP contribution in [0.5, 0.6) is 5.75 Å². The van der Waals surface area contributed by atoms with Crippen molar-refractivity contribution in [2.45, 2.75) is 26.2 Å². The first-order chi connectivity index (χ1) is 12.7. The Morgan fingerprint density at radius 1 is 1.15 bits per heavy atom. The number of benzene rings is 2. The van der Waals surface area contributed by atoms with Crippen LogP contribution in [0, 0.1) is 0 Å². The molecule has 0 atom stereocenters. The van der Waals surface area contributed by atoms with Crippen LogP contribution in [-0.2, 0) is 12.8 Å². The quantitative estimate of drug-likeness (QED) is 0.574. The van der Waals surface area contributed by atoms with Gasteiger partial charge in [-0.3, -0.25) is 0 Å². The molecule has 2 aromatic carbocycles. The van der Waals surface area contributed by atoms with Gasteiger partial charge >= 0.3 is 0 Å². The minimum Gasteiger partial charge on any atom is -0.497 e. The fourth-order valence-electron chi connectivity index (χ4n) is 3.33. The molecule has 2 heterocycles. The van der Waals surface area contributed by atoms with Crippen LogP contribution in [0.4, 0.5) is 5.69 Å². The molecule has 0 saturated heterocycles. The molecule has 4 rings (SSSR count). The zero-order valence-corrected chi connectivity index (χ0v) is 15.1. The second kappa shape index (κ2) is 6.67. The highest BCUT2D eigenvalue weighted by Gasteiger charge is 2.21. The average Bonchev–Trinajstić information content (AvgIpc) is 2.94. The lowest BCUT2D eigenvalue weighted by Crippen LogP contribution is -2.08. The third kappa shape index (κ3) is 2.86. The molecule has 0 radical (unpaired) electrons. The zero-order chi connectivity index (χ0) is 18.1. The van der Waals surface area contributed by atoms with E-state index < -0.39 is 0 Å². The maximum Gasteiger partial charge on any atom is 0.134 e. The summed E-state index contributed by atoms with van der Waals surface area (Å²) in [5.41, 5.74) is 11.9. The van der Waals surface area contributed by atoms with Crippen molar-refractivity contribution in [1.82, 2.24) is 9.66 Å². The molecular weight excluding hydrogens is 324 g/mol. The number of hydrogen-bond donors (Lipinski definition) is 1. The van der Waals surface area contributed by atoms with Gasteiger partial charge in [0.15, 0.2) is 0 Å². The van der Waals surface area contributed by atoms with Crippen molar-refractivity contribution in [1.29, 1.82) is 0 Å². The zero-order valence-electron chi connectivity index (χ0n) is 15.1. The number of aromatic nitrogens is 2. The summed E-state index contributed by atoms with van der Waals surface area (Å²) in [6.07, 6.45) is 4.69. The summed E-state index contributed by atoms with van der Waals surface area (Å²) in [5, 5.41) is 5.01. The molecule has 0 bridgehead atoms. The van der Waals surface area contributed by atoms with Crippen LogP contribution in [0.3, 0.4) is 0 Å². The Bertz CT molecular complexity index is 970. The summed E-state index contributed by atoms with van der Waals surface area (Å²) >= 11 is 0. The van der Waals surface area contributed by atoms with Crippen LogP contribution >= 0.6 is 0 Å². The van der Waals surface area contributed by atoms with Gasteiger partial charge in [0.05, 0.1) is 24.7 Å². The Morgan fingerprint density at radius 2 is 1.96 bits per heavy atom. The van der Waals surface area contributed by atoms with E-state index in [9.17, 15) is 0 Å². The normalized spacial score (nSPS) is 12.8. The van der Waals surface area contributed by atoms with E-state index in [0.717, 1.165) is 59.1 Å². The second-order valence-electron chi connectivity index (χ2n) is 6.50. The highest BCUT2D eigenvalue weighted by Crippen LogP contribution is 2.27. The van der Waals surface area contributed by atoms with E-state index in [0.29, 0.717) is 0 Å². The molecule has 2 N–H and O–H groups in total. The van der Waals surface area contributed by atoms with Crippen LogP contribution in [0.25, 0.3) is 0 Å². The molecule has 0 spiro atoms. The number of nitrogen functional groups attached to an aromatic ring is 1. The number of ether oxygens (including phenoxy) is 1. The van der Waals surface area contributed by atoms with E-state index in [-0.39, 0.29) is 0 Å². The van der Waals surface area contributed by atoms with Gasteiger partial charge in [0.2, 0.25) is 0 Å². The smallest absolute Gasteiger partial charge is 0.134 e. The van der Waals surface area contributed by atoms with Crippen molar-refractivity contribution in [2.75, 3.05) is 12.8 Å². The molecule has 0 amide bonds. The van der Waals surface area contributed by atoms with Crippen molar-refractivity contribution in [3.63, 3.8) is 0 Å². The van der Waals surface area contributed by atoms with E-state index in [1.54, 1.807) is 7.11 Å². The lowest BCUT2D eigenvalue weighted by atomic mass is 9.95. The number of fused-ring (bicyclic) bond motifs is 2. The number of nitrogens with two attached hydrogens (primary N) is 1. The maximum absolute atomic E-state index is 5.88. The molecular formula is C21H22N4O. The van der Waals surface area contributed by atoms with E-state index in [1.807, 2.05) is 41.2 Å².